The summed E-state index contributed by atoms with van der Waals surface area (Å²) < 4.78 is 6.14. The van der Waals surface area contributed by atoms with Crippen LogP contribution in [-0.4, -0.2) is 45.6 Å². The van der Waals surface area contributed by atoms with E-state index < -0.39 is 23.6 Å². The number of carboxylic acid groups (broad SMARTS) is 1. The van der Waals surface area contributed by atoms with E-state index >= 15 is 0 Å². The molecule has 0 heterocycles. The first-order valence-corrected chi connectivity index (χ1v) is 11.9. The topological polar surface area (TPSA) is 104 Å². The summed E-state index contributed by atoms with van der Waals surface area (Å²) in [6.07, 6.45) is 6.28. The van der Waals surface area contributed by atoms with Crippen molar-refractivity contribution in [1.82, 2.24) is 0 Å². The van der Waals surface area contributed by atoms with Crippen molar-refractivity contribution in [1.29, 1.82) is 0 Å². The van der Waals surface area contributed by atoms with Gasteiger partial charge in [0.1, 0.15) is 6.10 Å². The maximum Gasteiger partial charge on any atom is 0.311 e. The van der Waals surface area contributed by atoms with Gasteiger partial charge in [-0.05, 0) is 76.0 Å². The van der Waals surface area contributed by atoms with Crippen molar-refractivity contribution in [2.75, 3.05) is 0 Å². The van der Waals surface area contributed by atoms with Crippen LogP contribution < -0.4 is 0 Å². The lowest BCUT2D eigenvalue weighted by Crippen LogP contribution is -2.47. The van der Waals surface area contributed by atoms with Crippen molar-refractivity contribution in [3.8, 4) is 0 Å². The van der Waals surface area contributed by atoms with Gasteiger partial charge in [-0.1, -0.05) is 32.9 Å². The lowest BCUT2D eigenvalue weighted by Gasteiger charge is -2.48. The fourth-order valence-corrected chi connectivity index (χ4v) is 5.28. The highest BCUT2D eigenvalue weighted by Crippen LogP contribution is 2.48. The van der Waals surface area contributed by atoms with Crippen LogP contribution in [0.1, 0.15) is 79.6 Å². The number of esters is 1. The van der Waals surface area contributed by atoms with Crippen LogP contribution in [-0.2, 0) is 14.3 Å². The smallest absolute Gasteiger partial charge is 0.311 e. The van der Waals surface area contributed by atoms with Gasteiger partial charge in [0.05, 0.1) is 24.0 Å². The summed E-state index contributed by atoms with van der Waals surface area (Å²) >= 11 is 0. The molecule has 0 saturated heterocycles. The van der Waals surface area contributed by atoms with E-state index in [1.165, 1.54) is 0 Å². The Kier molecular flexibility index (Phi) is 9.14. The summed E-state index contributed by atoms with van der Waals surface area (Å²) in [5, 5.41) is 29.0. The Balaban J connectivity index is 2.09. The van der Waals surface area contributed by atoms with Crippen LogP contribution in [0.15, 0.2) is 12.2 Å². The molecular weight excluding hydrogens is 396 g/mol. The fraction of sp³-hybridized carbons (Fsp3) is 0.840. The molecule has 0 aliphatic heterocycles. The van der Waals surface area contributed by atoms with Gasteiger partial charge in [0.15, 0.2) is 0 Å². The Bertz CT molecular complexity index is 642. The second-order valence-electron chi connectivity index (χ2n) is 10.6. The molecule has 1 unspecified atom stereocenters. The minimum Gasteiger partial charge on any atom is -0.481 e. The van der Waals surface area contributed by atoms with Crippen LogP contribution in [0, 0.1) is 35.0 Å². The molecule has 31 heavy (non-hydrogen) atoms. The number of carboxylic acids is 1. The quantitative estimate of drug-likeness (QED) is 0.349. The second kappa shape index (κ2) is 11.0. The Morgan fingerprint density at radius 3 is 2.42 bits per heavy atom. The second-order valence-corrected chi connectivity index (χ2v) is 10.6. The predicted octanol–water partition coefficient (Wildman–Crippen LogP) is 4.19. The van der Waals surface area contributed by atoms with E-state index in [4.69, 9.17) is 9.84 Å². The molecule has 6 heteroatoms. The monoisotopic (exact) mass is 438 g/mol. The summed E-state index contributed by atoms with van der Waals surface area (Å²) in [7, 11) is 0. The third-order valence-electron chi connectivity index (χ3n) is 7.55. The SMILES string of the molecule is CCC(C)(C)C(=O)O[C@H]1C[C@@H](C)CC2C=C[C@H](C)[C@H](CC[C@@H](O)C[C@@H](O)CC(=O)O)[C@H]21. The number of carbonyl (C=O) groups is 2. The van der Waals surface area contributed by atoms with Gasteiger partial charge in [0.2, 0.25) is 0 Å². The number of aliphatic hydroxyl groups excluding tert-OH is 2. The molecule has 1 saturated carbocycles. The van der Waals surface area contributed by atoms with E-state index in [-0.39, 0.29) is 36.8 Å². The zero-order chi connectivity index (χ0) is 23.3. The summed E-state index contributed by atoms with van der Waals surface area (Å²) in [5.41, 5.74) is -0.502. The largest absolute Gasteiger partial charge is 0.481 e. The van der Waals surface area contributed by atoms with Crippen LogP contribution in [0.4, 0.5) is 0 Å². The minimum atomic E-state index is -1.07. The molecule has 0 radical (unpaired) electrons. The van der Waals surface area contributed by atoms with Gasteiger partial charge in [0, 0.05) is 5.92 Å². The van der Waals surface area contributed by atoms with E-state index in [9.17, 15) is 19.8 Å². The van der Waals surface area contributed by atoms with E-state index in [0.717, 1.165) is 25.7 Å². The summed E-state index contributed by atoms with van der Waals surface area (Å²) in [4.78, 5) is 23.6. The van der Waals surface area contributed by atoms with Gasteiger partial charge in [-0.15, -0.1) is 0 Å². The van der Waals surface area contributed by atoms with Gasteiger partial charge >= 0.3 is 11.9 Å². The predicted molar refractivity (Wildman–Crippen MR) is 119 cm³/mol. The minimum absolute atomic E-state index is 0.0669. The highest BCUT2D eigenvalue weighted by atomic mass is 16.5. The number of rotatable bonds is 10. The van der Waals surface area contributed by atoms with Crippen LogP contribution in [0.5, 0.6) is 0 Å². The Hall–Kier alpha value is -1.40. The first kappa shape index (κ1) is 25.9. The molecule has 0 aromatic rings. The van der Waals surface area contributed by atoms with Crippen LogP contribution in [0.25, 0.3) is 0 Å². The molecule has 8 atom stereocenters. The molecular formula is C25H42O6. The van der Waals surface area contributed by atoms with E-state index in [2.05, 4.69) is 26.0 Å². The molecule has 0 aromatic heterocycles. The number of ether oxygens (including phenoxy) is 1. The molecule has 3 N–H and O–H groups in total. The Labute approximate surface area is 187 Å². The summed E-state index contributed by atoms with van der Waals surface area (Å²) in [6, 6.07) is 0. The van der Waals surface area contributed by atoms with Gasteiger partial charge < -0.3 is 20.1 Å². The van der Waals surface area contributed by atoms with Crippen LogP contribution in [0.2, 0.25) is 0 Å². The van der Waals surface area contributed by atoms with Gasteiger partial charge in [-0.2, -0.15) is 0 Å². The lowest BCUT2D eigenvalue weighted by atomic mass is 9.60. The first-order valence-electron chi connectivity index (χ1n) is 11.9. The number of hydrogen-bond acceptors (Lipinski definition) is 5. The fourth-order valence-electron chi connectivity index (χ4n) is 5.28. The number of aliphatic hydroxyl groups is 2. The Morgan fingerprint density at radius 2 is 1.81 bits per heavy atom. The molecule has 178 valence electrons. The molecule has 1 fully saturated rings. The van der Waals surface area contributed by atoms with Crippen molar-refractivity contribution in [2.24, 2.45) is 35.0 Å². The number of aliphatic carboxylic acids is 1. The van der Waals surface area contributed by atoms with E-state index in [1.807, 2.05) is 20.8 Å². The first-order chi connectivity index (χ1) is 14.4. The zero-order valence-electron chi connectivity index (χ0n) is 19.8. The maximum absolute atomic E-state index is 12.9. The zero-order valence-corrected chi connectivity index (χ0v) is 19.8. The third-order valence-corrected chi connectivity index (χ3v) is 7.55. The van der Waals surface area contributed by atoms with E-state index in [0.29, 0.717) is 24.2 Å². The highest BCUT2D eigenvalue weighted by Gasteiger charge is 2.46. The average molecular weight is 439 g/mol. The summed E-state index contributed by atoms with van der Waals surface area (Å²) in [5.74, 6) is 0.461. The van der Waals surface area contributed by atoms with E-state index in [1.54, 1.807) is 0 Å². The van der Waals surface area contributed by atoms with Crippen molar-refractivity contribution in [3.63, 3.8) is 0 Å². The molecule has 2 rings (SSSR count). The van der Waals surface area contributed by atoms with Crippen LogP contribution in [0.3, 0.4) is 0 Å². The standard InChI is InChI=1S/C25H42O6/c1-6-25(4,5)24(30)31-21-12-15(2)11-17-8-7-16(3)20(23(17)21)10-9-18(26)13-19(27)14-22(28)29/h7-8,15-21,23,26-27H,6,9-14H2,1-5H3,(H,28,29)/t15-,16-,17?,18+,19+,20-,21-,23-/m0/s1. The molecule has 0 amide bonds. The highest BCUT2D eigenvalue weighted by molar-refractivity contribution is 5.76. The van der Waals surface area contributed by atoms with Crippen molar-refractivity contribution in [3.05, 3.63) is 12.2 Å². The molecule has 0 spiro atoms. The van der Waals surface area contributed by atoms with Crippen molar-refractivity contribution in [2.45, 2.75) is 97.9 Å². The molecule has 2 aliphatic carbocycles. The lowest BCUT2D eigenvalue weighted by molar-refractivity contribution is -0.170. The van der Waals surface area contributed by atoms with Crippen molar-refractivity contribution >= 4 is 11.9 Å². The average Bonchev–Trinajstić information content (AvgIpc) is 2.66. The number of fused-ring (bicyclic) bond motifs is 1. The summed E-state index contributed by atoms with van der Waals surface area (Å²) in [6.45, 7) is 10.3. The third kappa shape index (κ3) is 7.04. The van der Waals surface area contributed by atoms with Gasteiger partial charge in [0.25, 0.3) is 0 Å². The maximum atomic E-state index is 12.9. The number of carbonyl (C=O) groups excluding carboxylic acids is 1. The van der Waals surface area contributed by atoms with Gasteiger partial charge in [-0.3, -0.25) is 9.59 Å². The molecule has 0 aromatic carbocycles. The Morgan fingerprint density at radius 1 is 1.13 bits per heavy atom. The number of allylic oxidation sites excluding steroid dienone is 2. The molecule has 0 bridgehead atoms. The normalized spacial score (nSPS) is 32.7. The van der Waals surface area contributed by atoms with Gasteiger partial charge in [-0.25, -0.2) is 0 Å². The van der Waals surface area contributed by atoms with Crippen LogP contribution >= 0.6 is 0 Å². The molecule has 6 nitrogen and oxygen atoms in total. The molecule has 2 aliphatic rings. The van der Waals surface area contributed by atoms with Crippen molar-refractivity contribution < 1.29 is 29.6 Å². The number of hydrogen-bond donors (Lipinski definition) is 3.